The molecule has 0 radical (unpaired) electrons. The largest absolute Gasteiger partial charge is 0.313 e. The molecule has 78 valence electrons. The molecule has 0 spiro atoms. The number of nitrogens with zero attached hydrogens (tertiary/aromatic N) is 3. The molecule has 2 aromatic rings. The summed E-state index contributed by atoms with van der Waals surface area (Å²) in [5, 5.41) is 5.67. The predicted octanol–water partition coefficient (Wildman–Crippen LogP) is 0.577. The highest BCUT2D eigenvalue weighted by molar-refractivity contribution is 5.75. The van der Waals surface area contributed by atoms with Gasteiger partial charge < -0.3 is 10.3 Å². The van der Waals surface area contributed by atoms with Gasteiger partial charge in [0.1, 0.15) is 6.33 Å². The second kappa shape index (κ2) is 3.55. The van der Waals surface area contributed by atoms with E-state index in [1.165, 1.54) is 5.52 Å². The molecule has 1 fully saturated rings. The Morgan fingerprint density at radius 1 is 1.13 bits per heavy atom. The van der Waals surface area contributed by atoms with Gasteiger partial charge in [0.25, 0.3) is 0 Å². The van der Waals surface area contributed by atoms with Crippen LogP contribution in [-0.2, 0) is 0 Å². The minimum absolute atomic E-state index is 1.04. The first-order valence-electron chi connectivity index (χ1n) is 5.33. The number of imidazole rings is 1. The maximum absolute atomic E-state index is 4.39. The second-order valence-electron chi connectivity index (χ2n) is 3.78. The smallest absolute Gasteiger partial charge is 0.116 e. The van der Waals surface area contributed by atoms with E-state index < -0.39 is 0 Å². The number of benzene rings is 1. The third-order valence-corrected chi connectivity index (χ3v) is 2.83. The molecule has 0 saturated carbocycles. The Balaban J connectivity index is 2.02. The van der Waals surface area contributed by atoms with Gasteiger partial charge in [-0.2, -0.15) is 0 Å². The quantitative estimate of drug-likeness (QED) is 0.734. The van der Waals surface area contributed by atoms with Crippen LogP contribution >= 0.6 is 0 Å². The molecule has 1 aromatic carbocycles. The van der Waals surface area contributed by atoms with E-state index in [4.69, 9.17) is 0 Å². The molecule has 1 N–H and O–H groups in total. The van der Waals surface area contributed by atoms with Crippen LogP contribution in [-0.4, -0.2) is 35.8 Å². The van der Waals surface area contributed by atoms with Crippen molar-refractivity contribution in [3.63, 3.8) is 0 Å². The molecule has 1 aliphatic rings. The van der Waals surface area contributed by atoms with Crippen LogP contribution in [0.3, 0.4) is 0 Å². The van der Waals surface area contributed by atoms with Crippen molar-refractivity contribution in [2.24, 2.45) is 0 Å². The lowest BCUT2D eigenvalue weighted by Gasteiger charge is -2.30. The summed E-state index contributed by atoms with van der Waals surface area (Å²) >= 11 is 0. The number of nitrogens with one attached hydrogen (secondary N) is 1. The van der Waals surface area contributed by atoms with Gasteiger partial charge in [-0.15, -0.1) is 0 Å². The Morgan fingerprint density at radius 3 is 2.80 bits per heavy atom. The van der Waals surface area contributed by atoms with Crippen molar-refractivity contribution in [1.82, 2.24) is 15.0 Å². The molecule has 3 rings (SSSR count). The standard InChI is InChI=1S/C11H14N4/c1-2-4-11-10(3-1)13-9-15(11)14-7-5-12-6-8-14/h1-4,9,12H,5-8H2. The van der Waals surface area contributed by atoms with E-state index in [-0.39, 0.29) is 0 Å². The van der Waals surface area contributed by atoms with Gasteiger partial charge in [-0.05, 0) is 12.1 Å². The van der Waals surface area contributed by atoms with E-state index in [0.717, 1.165) is 31.7 Å². The molecule has 0 aliphatic carbocycles. The average molecular weight is 202 g/mol. The fourth-order valence-electron chi connectivity index (χ4n) is 2.04. The Labute approximate surface area is 88.5 Å². The van der Waals surface area contributed by atoms with Crippen molar-refractivity contribution in [2.75, 3.05) is 31.2 Å². The van der Waals surface area contributed by atoms with Crippen LogP contribution in [0, 0.1) is 0 Å². The summed E-state index contributed by atoms with van der Waals surface area (Å²) in [6.45, 7) is 4.18. The predicted molar refractivity (Wildman–Crippen MR) is 60.6 cm³/mol. The highest BCUT2D eigenvalue weighted by Crippen LogP contribution is 2.12. The summed E-state index contributed by atoms with van der Waals surface area (Å²) in [6, 6.07) is 8.25. The molecule has 1 aliphatic heterocycles. The van der Waals surface area contributed by atoms with Crippen LogP contribution in [0.15, 0.2) is 30.6 Å². The van der Waals surface area contributed by atoms with E-state index >= 15 is 0 Å². The number of aromatic nitrogens is 2. The maximum atomic E-state index is 4.39. The van der Waals surface area contributed by atoms with Crippen molar-refractivity contribution in [3.05, 3.63) is 30.6 Å². The topological polar surface area (TPSA) is 33.1 Å². The molecule has 1 saturated heterocycles. The third kappa shape index (κ3) is 1.47. The van der Waals surface area contributed by atoms with E-state index in [0.29, 0.717) is 0 Å². The van der Waals surface area contributed by atoms with Crippen LogP contribution in [0.1, 0.15) is 0 Å². The van der Waals surface area contributed by atoms with Gasteiger partial charge in [-0.25, -0.2) is 9.66 Å². The molecule has 15 heavy (non-hydrogen) atoms. The molecule has 1 aromatic heterocycles. The van der Waals surface area contributed by atoms with Crippen molar-refractivity contribution >= 4 is 11.0 Å². The first-order valence-corrected chi connectivity index (χ1v) is 5.33. The van der Waals surface area contributed by atoms with Crippen LogP contribution < -0.4 is 10.3 Å². The van der Waals surface area contributed by atoms with Crippen LogP contribution in [0.2, 0.25) is 0 Å². The lowest BCUT2D eigenvalue weighted by Crippen LogP contribution is -2.48. The molecule has 2 heterocycles. The van der Waals surface area contributed by atoms with E-state index in [2.05, 4.69) is 32.1 Å². The summed E-state index contributed by atoms with van der Waals surface area (Å²) in [5.41, 5.74) is 2.26. The number of fused-ring (bicyclic) bond motifs is 1. The SMILES string of the molecule is c1ccc2c(c1)ncn2N1CCNCC1. The number of piperazine rings is 1. The minimum atomic E-state index is 1.04. The Morgan fingerprint density at radius 2 is 1.93 bits per heavy atom. The van der Waals surface area contributed by atoms with E-state index in [1.807, 2.05) is 18.5 Å². The summed E-state index contributed by atoms with van der Waals surface area (Å²) in [6.07, 6.45) is 1.91. The Hall–Kier alpha value is -1.55. The van der Waals surface area contributed by atoms with Crippen LogP contribution in [0.25, 0.3) is 11.0 Å². The zero-order valence-electron chi connectivity index (χ0n) is 8.56. The zero-order valence-corrected chi connectivity index (χ0v) is 8.56. The molecular formula is C11H14N4. The summed E-state index contributed by atoms with van der Waals surface area (Å²) < 4.78 is 2.16. The van der Waals surface area contributed by atoms with Gasteiger partial charge in [0.15, 0.2) is 0 Å². The third-order valence-electron chi connectivity index (χ3n) is 2.83. The molecule has 0 amide bonds. The highest BCUT2D eigenvalue weighted by Gasteiger charge is 2.11. The van der Waals surface area contributed by atoms with Gasteiger partial charge in [0, 0.05) is 26.2 Å². The minimum Gasteiger partial charge on any atom is -0.313 e. The number of rotatable bonds is 1. The molecule has 4 nitrogen and oxygen atoms in total. The number of hydrogen-bond donors (Lipinski definition) is 1. The summed E-state index contributed by atoms with van der Waals surface area (Å²) in [7, 11) is 0. The monoisotopic (exact) mass is 202 g/mol. The summed E-state index contributed by atoms with van der Waals surface area (Å²) in [5.74, 6) is 0. The van der Waals surface area contributed by atoms with E-state index in [1.54, 1.807) is 0 Å². The lowest BCUT2D eigenvalue weighted by molar-refractivity contribution is 0.498. The van der Waals surface area contributed by atoms with Crippen molar-refractivity contribution in [1.29, 1.82) is 0 Å². The van der Waals surface area contributed by atoms with Gasteiger partial charge in [-0.3, -0.25) is 0 Å². The Bertz CT molecular complexity index is 456. The van der Waals surface area contributed by atoms with Gasteiger partial charge >= 0.3 is 0 Å². The molecule has 4 heteroatoms. The van der Waals surface area contributed by atoms with Crippen molar-refractivity contribution < 1.29 is 0 Å². The fraction of sp³-hybridized carbons (Fsp3) is 0.364. The maximum Gasteiger partial charge on any atom is 0.116 e. The number of hydrogen-bond acceptors (Lipinski definition) is 3. The van der Waals surface area contributed by atoms with Gasteiger partial charge in [-0.1, -0.05) is 12.1 Å². The van der Waals surface area contributed by atoms with Crippen LogP contribution in [0.4, 0.5) is 0 Å². The average Bonchev–Trinajstić information content (AvgIpc) is 2.74. The molecular weight excluding hydrogens is 188 g/mol. The van der Waals surface area contributed by atoms with Crippen molar-refractivity contribution in [3.8, 4) is 0 Å². The summed E-state index contributed by atoms with van der Waals surface area (Å²) in [4.78, 5) is 4.39. The van der Waals surface area contributed by atoms with Gasteiger partial charge in [0.05, 0.1) is 11.0 Å². The van der Waals surface area contributed by atoms with Crippen LogP contribution in [0.5, 0.6) is 0 Å². The lowest BCUT2D eigenvalue weighted by atomic mass is 10.3. The zero-order chi connectivity index (χ0) is 10.1. The second-order valence-corrected chi connectivity index (χ2v) is 3.78. The first kappa shape index (κ1) is 8.73. The molecule has 0 bridgehead atoms. The van der Waals surface area contributed by atoms with Gasteiger partial charge in [0.2, 0.25) is 0 Å². The molecule has 0 unspecified atom stereocenters. The molecule has 0 atom stereocenters. The van der Waals surface area contributed by atoms with Crippen molar-refractivity contribution in [2.45, 2.75) is 0 Å². The first-order chi connectivity index (χ1) is 7.45. The number of para-hydroxylation sites is 2. The highest BCUT2D eigenvalue weighted by atomic mass is 15.6. The Kier molecular flexibility index (Phi) is 2.07. The fourth-order valence-corrected chi connectivity index (χ4v) is 2.04. The normalized spacial score (nSPS) is 17.2. The van der Waals surface area contributed by atoms with E-state index in [9.17, 15) is 0 Å².